The summed E-state index contributed by atoms with van der Waals surface area (Å²) in [6, 6.07) is 0. The highest BCUT2D eigenvalue weighted by Crippen LogP contribution is 2.17. The molecule has 248 valence electrons. The van der Waals surface area contributed by atoms with Gasteiger partial charge in [-0.15, -0.1) is 0 Å². The lowest BCUT2D eigenvalue weighted by molar-refractivity contribution is -0.162. The van der Waals surface area contributed by atoms with E-state index in [0.717, 1.165) is 103 Å². The molecule has 0 N–H and O–H groups in total. The fourth-order valence-electron chi connectivity index (χ4n) is 4.91. The second kappa shape index (κ2) is 30.7. The average Bonchev–Trinajstić information content (AvgIpc) is 2.99. The molecule has 0 aromatic rings. The second-order valence-electron chi connectivity index (χ2n) is 11.8. The Morgan fingerprint density at radius 2 is 0.881 bits per heavy atom. The highest BCUT2D eigenvalue weighted by molar-refractivity contribution is 5.94. The van der Waals surface area contributed by atoms with Crippen molar-refractivity contribution < 1.29 is 33.3 Å². The van der Waals surface area contributed by atoms with E-state index in [9.17, 15) is 14.4 Å². The topological polar surface area (TPSA) is 88.1 Å². The lowest BCUT2D eigenvalue weighted by Crippen LogP contribution is -2.28. The first-order chi connectivity index (χ1) is 20.5. The van der Waals surface area contributed by atoms with Crippen LogP contribution in [-0.2, 0) is 28.5 Å². The quantitative estimate of drug-likeness (QED) is 0.0352. The molecule has 7 nitrogen and oxygen atoms in total. The van der Waals surface area contributed by atoms with Gasteiger partial charge in [-0.05, 0) is 38.0 Å². The summed E-state index contributed by atoms with van der Waals surface area (Å²) in [4.78, 5) is 37.3. The van der Waals surface area contributed by atoms with Crippen LogP contribution in [-0.4, -0.2) is 44.5 Å². The molecule has 42 heavy (non-hydrogen) atoms. The van der Waals surface area contributed by atoms with E-state index < -0.39 is 24.0 Å². The Balaban J connectivity index is 4.22. The van der Waals surface area contributed by atoms with E-state index in [1.807, 2.05) is 0 Å². The minimum atomic E-state index is -0.825. The molecule has 2 unspecified atom stereocenters. The Hall–Kier alpha value is -1.79. The molecule has 0 amide bonds. The van der Waals surface area contributed by atoms with Crippen molar-refractivity contribution in [2.75, 3.05) is 26.4 Å². The summed E-state index contributed by atoms with van der Waals surface area (Å²) in [5.74, 6) is -1.27. The summed E-state index contributed by atoms with van der Waals surface area (Å²) in [5.41, 5.74) is 0. The van der Waals surface area contributed by atoms with E-state index in [2.05, 4.69) is 27.7 Å². The number of ether oxygens (including phenoxy) is 4. The average molecular weight is 599 g/mol. The van der Waals surface area contributed by atoms with Gasteiger partial charge < -0.3 is 18.9 Å². The fourth-order valence-corrected chi connectivity index (χ4v) is 4.91. The molecule has 0 aliphatic rings. The van der Waals surface area contributed by atoms with Crippen LogP contribution in [0.15, 0.2) is 0 Å². The fraction of sp³-hybridized carbons (Fsp3) is 0.914. The predicted molar refractivity (Wildman–Crippen MR) is 170 cm³/mol. The number of hydrogen-bond donors (Lipinski definition) is 0. The molecule has 0 rings (SSSR count). The molecule has 0 bridgehead atoms. The number of carbonyl (C=O) groups excluding carboxylic acids is 3. The lowest BCUT2D eigenvalue weighted by Gasteiger charge is -2.15. The summed E-state index contributed by atoms with van der Waals surface area (Å²) in [5, 5.41) is 0. The zero-order valence-electron chi connectivity index (χ0n) is 27.9. The van der Waals surface area contributed by atoms with Crippen molar-refractivity contribution in [2.45, 2.75) is 169 Å². The van der Waals surface area contributed by atoms with Gasteiger partial charge in [-0.1, -0.05) is 137 Å². The molecule has 0 aromatic carbocycles. The smallest absolute Gasteiger partial charge is 0.465 e. The highest BCUT2D eigenvalue weighted by Gasteiger charge is 2.29. The van der Waals surface area contributed by atoms with Crippen LogP contribution in [0.5, 0.6) is 0 Å². The Morgan fingerprint density at radius 1 is 0.452 bits per heavy atom. The van der Waals surface area contributed by atoms with Gasteiger partial charge in [0.1, 0.15) is 0 Å². The van der Waals surface area contributed by atoms with Gasteiger partial charge in [-0.2, -0.15) is 0 Å². The van der Waals surface area contributed by atoms with E-state index in [-0.39, 0.29) is 0 Å². The highest BCUT2D eigenvalue weighted by atomic mass is 16.7. The van der Waals surface area contributed by atoms with Crippen molar-refractivity contribution >= 4 is 18.1 Å². The van der Waals surface area contributed by atoms with Gasteiger partial charge in [0.25, 0.3) is 0 Å². The van der Waals surface area contributed by atoms with Crippen molar-refractivity contribution in [1.29, 1.82) is 0 Å². The van der Waals surface area contributed by atoms with Crippen molar-refractivity contribution in [3.8, 4) is 0 Å². The van der Waals surface area contributed by atoms with Gasteiger partial charge in [0.15, 0.2) is 5.92 Å². The summed E-state index contributed by atoms with van der Waals surface area (Å²) in [6.07, 6.45) is 21.9. The summed E-state index contributed by atoms with van der Waals surface area (Å²) in [6.45, 7) is 10.2. The first kappa shape index (κ1) is 40.2. The first-order valence-electron chi connectivity index (χ1n) is 17.6. The monoisotopic (exact) mass is 598 g/mol. The standard InChI is InChI=1S/C35H66O7/c1-5-9-12-14-19-23-28-40-34(37)32(33(36)39-27-22-18-13-10-6-2)26-21-17-15-16-20-24-29-41-35(38)42-30-31(8-4)25-11-7-3/h31-32H,5-30H2,1-4H3. The summed E-state index contributed by atoms with van der Waals surface area (Å²) in [7, 11) is 0. The molecule has 0 aliphatic heterocycles. The third-order valence-corrected chi connectivity index (χ3v) is 7.89. The number of esters is 2. The number of unbranched alkanes of at least 4 members (excludes halogenated alkanes) is 15. The molecule has 0 heterocycles. The van der Waals surface area contributed by atoms with Gasteiger partial charge in [0, 0.05) is 0 Å². The van der Waals surface area contributed by atoms with E-state index >= 15 is 0 Å². The minimum Gasteiger partial charge on any atom is -0.465 e. The van der Waals surface area contributed by atoms with E-state index in [1.54, 1.807) is 0 Å². The Labute approximate surface area is 258 Å². The molecular formula is C35H66O7. The van der Waals surface area contributed by atoms with Crippen molar-refractivity contribution in [3.63, 3.8) is 0 Å². The normalized spacial score (nSPS) is 12.5. The van der Waals surface area contributed by atoms with Crippen LogP contribution < -0.4 is 0 Å². The summed E-state index contributed by atoms with van der Waals surface area (Å²) < 4.78 is 21.5. The van der Waals surface area contributed by atoms with Crippen LogP contribution in [0.3, 0.4) is 0 Å². The zero-order valence-corrected chi connectivity index (χ0v) is 27.9. The molecular weight excluding hydrogens is 532 g/mol. The zero-order chi connectivity index (χ0) is 31.1. The van der Waals surface area contributed by atoms with Crippen LogP contribution in [0.25, 0.3) is 0 Å². The second-order valence-corrected chi connectivity index (χ2v) is 11.8. The molecule has 0 radical (unpaired) electrons. The molecule has 0 aromatic heterocycles. The Bertz CT molecular complexity index is 637. The minimum absolute atomic E-state index is 0.372. The van der Waals surface area contributed by atoms with Gasteiger partial charge in [-0.25, -0.2) is 4.79 Å². The first-order valence-corrected chi connectivity index (χ1v) is 17.6. The van der Waals surface area contributed by atoms with Crippen molar-refractivity contribution in [3.05, 3.63) is 0 Å². The largest absolute Gasteiger partial charge is 0.508 e. The molecule has 0 spiro atoms. The van der Waals surface area contributed by atoms with Crippen LogP contribution in [0.2, 0.25) is 0 Å². The molecule has 2 atom stereocenters. The SMILES string of the molecule is CCCCCCCCOC(=O)C(CCCCCCCCOC(=O)OCC(CC)CCCC)C(=O)OCCCCCCC. The maximum Gasteiger partial charge on any atom is 0.508 e. The molecule has 0 fully saturated rings. The van der Waals surface area contributed by atoms with Crippen molar-refractivity contribution in [2.24, 2.45) is 11.8 Å². The van der Waals surface area contributed by atoms with Crippen molar-refractivity contribution in [1.82, 2.24) is 0 Å². The predicted octanol–water partition coefficient (Wildman–Crippen LogP) is 10.1. The molecule has 0 aliphatic carbocycles. The number of carbonyl (C=O) groups is 3. The Morgan fingerprint density at radius 3 is 1.36 bits per heavy atom. The Kier molecular flexibility index (Phi) is 29.4. The van der Waals surface area contributed by atoms with E-state index in [1.165, 1.54) is 32.1 Å². The van der Waals surface area contributed by atoms with Crippen LogP contribution in [0.4, 0.5) is 4.79 Å². The van der Waals surface area contributed by atoms with Gasteiger partial charge in [0.05, 0.1) is 26.4 Å². The van der Waals surface area contributed by atoms with Gasteiger partial charge in [-0.3, -0.25) is 9.59 Å². The van der Waals surface area contributed by atoms with Crippen LogP contribution in [0.1, 0.15) is 169 Å². The van der Waals surface area contributed by atoms with Crippen LogP contribution >= 0.6 is 0 Å². The molecule has 0 saturated heterocycles. The third kappa shape index (κ3) is 24.8. The van der Waals surface area contributed by atoms with Gasteiger partial charge in [0.2, 0.25) is 0 Å². The van der Waals surface area contributed by atoms with E-state index in [4.69, 9.17) is 18.9 Å². The molecule has 7 heteroatoms. The number of rotatable bonds is 30. The number of hydrogen-bond acceptors (Lipinski definition) is 7. The maximum atomic E-state index is 12.8. The lowest BCUT2D eigenvalue weighted by atomic mass is 10.00. The van der Waals surface area contributed by atoms with Crippen LogP contribution in [0, 0.1) is 11.8 Å². The molecule has 0 saturated carbocycles. The van der Waals surface area contributed by atoms with E-state index in [0.29, 0.717) is 38.8 Å². The third-order valence-electron chi connectivity index (χ3n) is 7.89. The van der Waals surface area contributed by atoms with Gasteiger partial charge >= 0.3 is 18.1 Å². The summed E-state index contributed by atoms with van der Waals surface area (Å²) >= 11 is 0. The maximum absolute atomic E-state index is 12.8.